The van der Waals surface area contributed by atoms with Crippen molar-refractivity contribution >= 4 is 16.8 Å². The number of hydrogen-bond donors (Lipinski definition) is 0. The molecule has 1 saturated heterocycles. The second-order valence-corrected chi connectivity index (χ2v) is 6.48. The van der Waals surface area contributed by atoms with E-state index in [9.17, 15) is 0 Å². The number of aromatic nitrogens is 1. The Labute approximate surface area is 147 Å². The van der Waals surface area contributed by atoms with Crippen LogP contribution in [0.1, 0.15) is 11.5 Å². The first-order valence-corrected chi connectivity index (χ1v) is 8.73. The van der Waals surface area contributed by atoms with E-state index in [1.165, 1.54) is 11.3 Å². The zero-order valence-corrected chi connectivity index (χ0v) is 14.5. The van der Waals surface area contributed by atoms with E-state index in [2.05, 4.69) is 46.1 Å². The molecule has 0 bridgehead atoms. The topological polar surface area (TPSA) is 41.7 Å². The molecule has 0 atom stereocenters. The van der Waals surface area contributed by atoms with Gasteiger partial charge in [0.2, 0.25) is 5.89 Å². The summed E-state index contributed by atoms with van der Waals surface area (Å²) < 4.78 is 11.3. The normalized spacial score (nSPS) is 15.2. The second-order valence-electron chi connectivity index (χ2n) is 6.48. The summed E-state index contributed by atoms with van der Waals surface area (Å²) in [6.07, 6.45) is 0. The van der Waals surface area contributed by atoms with Crippen molar-refractivity contribution in [1.29, 1.82) is 0 Å². The van der Waals surface area contributed by atoms with Crippen LogP contribution in [0, 0.1) is 0 Å². The largest absolute Gasteiger partial charge is 0.439 e. The van der Waals surface area contributed by atoms with Gasteiger partial charge >= 0.3 is 0 Å². The molecule has 0 amide bonds. The summed E-state index contributed by atoms with van der Waals surface area (Å²) in [6.45, 7) is 5.04. The highest BCUT2D eigenvalue weighted by atomic mass is 16.5. The van der Waals surface area contributed by atoms with Gasteiger partial charge in [-0.2, -0.15) is 0 Å². The first kappa shape index (κ1) is 16.1. The lowest BCUT2D eigenvalue weighted by Crippen LogP contribution is -2.37. The predicted octanol–water partition coefficient (Wildman–Crippen LogP) is 3.30. The SMILES string of the molecule is CN(Cc1nc2ccccc2o1)Cc1ccccc1N1CCOCC1. The Bertz CT molecular complexity index is 807. The Morgan fingerprint density at radius 1 is 1.00 bits per heavy atom. The third-order valence-corrected chi connectivity index (χ3v) is 4.53. The van der Waals surface area contributed by atoms with Crippen molar-refractivity contribution in [1.82, 2.24) is 9.88 Å². The quantitative estimate of drug-likeness (QED) is 0.714. The fourth-order valence-electron chi connectivity index (χ4n) is 3.32. The third-order valence-electron chi connectivity index (χ3n) is 4.53. The molecular formula is C20H23N3O2. The van der Waals surface area contributed by atoms with Gasteiger partial charge in [-0.3, -0.25) is 4.90 Å². The summed E-state index contributed by atoms with van der Waals surface area (Å²) >= 11 is 0. The number of fused-ring (bicyclic) bond motifs is 1. The molecule has 2 heterocycles. The summed E-state index contributed by atoms with van der Waals surface area (Å²) in [5.74, 6) is 0.757. The van der Waals surface area contributed by atoms with Gasteiger partial charge in [-0.25, -0.2) is 4.98 Å². The monoisotopic (exact) mass is 337 g/mol. The van der Waals surface area contributed by atoms with Gasteiger partial charge < -0.3 is 14.1 Å². The molecule has 1 aromatic heterocycles. The van der Waals surface area contributed by atoms with Gasteiger partial charge in [0.25, 0.3) is 0 Å². The number of hydrogen-bond acceptors (Lipinski definition) is 5. The van der Waals surface area contributed by atoms with Gasteiger partial charge in [0.1, 0.15) is 5.52 Å². The number of morpholine rings is 1. The molecule has 4 rings (SSSR count). The van der Waals surface area contributed by atoms with Crippen molar-refractivity contribution in [2.45, 2.75) is 13.1 Å². The lowest BCUT2D eigenvalue weighted by molar-refractivity contribution is 0.122. The maximum atomic E-state index is 5.84. The Morgan fingerprint density at radius 2 is 1.76 bits per heavy atom. The highest BCUT2D eigenvalue weighted by molar-refractivity contribution is 5.72. The van der Waals surface area contributed by atoms with Crippen molar-refractivity contribution in [3.63, 3.8) is 0 Å². The smallest absolute Gasteiger partial charge is 0.209 e. The van der Waals surface area contributed by atoms with E-state index in [-0.39, 0.29) is 0 Å². The van der Waals surface area contributed by atoms with Crippen LogP contribution in [0.25, 0.3) is 11.1 Å². The van der Waals surface area contributed by atoms with Gasteiger partial charge in [0, 0.05) is 25.3 Å². The van der Waals surface area contributed by atoms with Crippen LogP contribution >= 0.6 is 0 Å². The Balaban J connectivity index is 1.47. The predicted molar refractivity (Wildman–Crippen MR) is 98.7 cm³/mol. The average molecular weight is 337 g/mol. The molecule has 2 aromatic carbocycles. The number of para-hydroxylation sites is 3. The molecule has 0 unspecified atom stereocenters. The lowest BCUT2D eigenvalue weighted by atomic mass is 10.1. The molecule has 130 valence electrons. The molecule has 5 nitrogen and oxygen atoms in total. The maximum Gasteiger partial charge on any atom is 0.209 e. The van der Waals surface area contributed by atoms with Crippen LogP contribution in [-0.2, 0) is 17.8 Å². The van der Waals surface area contributed by atoms with Crippen LogP contribution in [0.5, 0.6) is 0 Å². The molecule has 0 aliphatic carbocycles. The first-order valence-electron chi connectivity index (χ1n) is 8.73. The summed E-state index contributed by atoms with van der Waals surface area (Å²) in [6, 6.07) is 16.5. The highest BCUT2D eigenvalue weighted by Crippen LogP contribution is 2.23. The fraction of sp³-hybridized carbons (Fsp3) is 0.350. The molecule has 1 fully saturated rings. The van der Waals surface area contributed by atoms with Gasteiger partial charge in [0.05, 0.1) is 19.8 Å². The molecule has 25 heavy (non-hydrogen) atoms. The van der Waals surface area contributed by atoms with E-state index in [1.54, 1.807) is 0 Å². The van der Waals surface area contributed by atoms with Gasteiger partial charge in [-0.05, 0) is 30.8 Å². The Morgan fingerprint density at radius 3 is 2.60 bits per heavy atom. The summed E-state index contributed by atoms with van der Waals surface area (Å²) in [5, 5.41) is 0. The van der Waals surface area contributed by atoms with E-state index >= 15 is 0 Å². The van der Waals surface area contributed by atoms with Crippen molar-refractivity contribution in [2.24, 2.45) is 0 Å². The number of oxazole rings is 1. The summed E-state index contributed by atoms with van der Waals surface area (Å²) in [4.78, 5) is 9.22. The summed E-state index contributed by atoms with van der Waals surface area (Å²) in [7, 11) is 2.10. The number of benzene rings is 2. The standard InChI is InChI=1S/C20H23N3O2/c1-22(15-20-21-17-7-3-5-9-19(17)25-20)14-16-6-2-4-8-18(16)23-10-12-24-13-11-23/h2-9H,10-15H2,1H3. The molecule has 1 aliphatic rings. The maximum absolute atomic E-state index is 5.84. The molecule has 0 N–H and O–H groups in total. The van der Waals surface area contributed by atoms with Crippen molar-refractivity contribution in [3.05, 3.63) is 60.0 Å². The zero-order chi connectivity index (χ0) is 17.1. The van der Waals surface area contributed by atoms with Crippen LogP contribution in [0.4, 0.5) is 5.69 Å². The van der Waals surface area contributed by atoms with Crippen LogP contribution in [-0.4, -0.2) is 43.2 Å². The van der Waals surface area contributed by atoms with Crippen molar-refractivity contribution in [2.75, 3.05) is 38.3 Å². The van der Waals surface area contributed by atoms with E-state index in [0.29, 0.717) is 6.54 Å². The van der Waals surface area contributed by atoms with Gasteiger partial charge in [0.15, 0.2) is 5.58 Å². The van der Waals surface area contributed by atoms with Crippen molar-refractivity contribution < 1.29 is 9.15 Å². The lowest BCUT2D eigenvalue weighted by Gasteiger charge is -2.31. The van der Waals surface area contributed by atoms with Crippen LogP contribution in [0.2, 0.25) is 0 Å². The zero-order valence-electron chi connectivity index (χ0n) is 14.5. The minimum atomic E-state index is 0.687. The molecule has 0 saturated carbocycles. The number of ether oxygens (including phenoxy) is 1. The van der Waals surface area contributed by atoms with Gasteiger partial charge in [-0.1, -0.05) is 30.3 Å². The fourth-order valence-corrected chi connectivity index (χ4v) is 3.32. The third kappa shape index (κ3) is 3.67. The van der Waals surface area contributed by atoms with Crippen LogP contribution < -0.4 is 4.90 Å². The van der Waals surface area contributed by atoms with E-state index in [1.807, 2.05) is 24.3 Å². The highest BCUT2D eigenvalue weighted by Gasteiger charge is 2.16. The van der Waals surface area contributed by atoms with E-state index in [4.69, 9.17) is 9.15 Å². The molecule has 5 heteroatoms. The second kappa shape index (κ2) is 7.25. The Hall–Kier alpha value is -2.37. The number of nitrogens with zero attached hydrogens (tertiary/aromatic N) is 3. The molecule has 1 aliphatic heterocycles. The van der Waals surface area contributed by atoms with Gasteiger partial charge in [-0.15, -0.1) is 0 Å². The molecule has 0 spiro atoms. The van der Waals surface area contributed by atoms with Crippen LogP contribution in [0.15, 0.2) is 52.9 Å². The molecule has 0 radical (unpaired) electrons. The minimum absolute atomic E-state index is 0.687. The van der Waals surface area contributed by atoms with Crippen LogP contribution in [0.3, 0.4) is 0 Å². The molecular weight excluding hydrogens is 314 g/mol. The number of rotatable bonds is 5. The average Bonchev–Trinajstić information content (AvgIpc) is 3.05. The van der Waals surface area contributed by atoms with E-state index < -0.39 is 0 Å². The summed E-state index contributed by atoms with van der Waals surface area (Å²) in [5.41, 5.74) is 4.39. The molecule has 3 aromatic rings. The number of anilines is 1. The first-order chi connectivity index (χ1) is 12.3. The minimum Gasteiger partial charge on any atom is -0.439 e. The Kier molecular flexibility index (Phi) is 4.68. The van der Waals surface area contributed by atoms with E-state index in [0.717, 1.165) is 49.8 Å². The van der Waals surface area contributed by atoms with Crippen molar-refractivity contribution in [3.8, 4) is 0 Å².